The molecule has 138 valence electrons. The highest BCUT2D eigenvalue weighted by atomic mass is 19.1. The molecule has 1 aromatic heterocycles. The first-order valence-corrected chi connectivity index (χ1v) is 9.22. The van der Waals surface area contributed by atoms with Gasteiger partial charge in [0, 0.05) is 43.3 Å². The third-order valence-electron chi connectivity index (χ3n) is 5.68. The van der Waals surface area contributed by atoms with E-state index in [2.05, 4.69) is 10.1 Å². The Morgan fingerprint density at radius 1 is 1.27 bits per heavy atom. The van der Waals surface area contributed by atoms with Crippen molar-refractivity contribution in [1.29, 1.82) is 0 Å². The Morgan fingerprint density at radius 3 is 2.85 bits per heavy atom. The van der Waals surface area contributed by atoms with E-state index < -0.39 is 0 Å². The van der Waals surface area contributed by atoms with Gasteiger partial charge in [0.25, 0.3) is 5.91 Å². The fourth-order valence-corrected chi connectivity index (χ4v) is 4.30. The number of halogens is 1. The molecule has 0 saturated carbocycles. The van der Waals surface area contributed by atoms with Crippen molar-refractivity contribution in [2.75, 3.05) is 19.6 Å². The smallest absolute Gasteiger partial charge is 0.254 e. The molecule has 0 spiro atoms. The zero-order valence-electron chi connectivity index (χ0n) is 15.2. The lowest BCUT2D eigenvalue weighted by molar-refractivity contribution is 0.0584. The highest BCUT2D eigenvalue weighted by Gasteiger charge is 2.37. The fourth-order valence-electron chi connectivity index (χ4n) is 4.30. The van der Waals surface area contributed by atoms with E-state index in [1.807, 2.05) is 18.7 Å². The Morgan fingerprint density at radius 2 is 2.12 bits per heavy atom. The molecule has 3 fully saturated rings. The van der Waals surface area contributed by atoms with Crippen LogP contribution in [0.1, 0.15) is 40.2 Å². The highest BCUT2D eigenvalue weighted by molar-refractivity contribution is 5.94. The van der Waals surface area contributed by atoms with Crippen LogP contribution in [0.5, 0.6) is 0 Å². The SMILES string of the molecule is Cc1noc(C)c1CN1C[C@@H]2CC[C@H](C1)N(C(=O)c1cccc(F)c1)C2. The number of carbonyl (C=O) groups excluding carboxylic acids is 1. The van der Waals surface area contributed by atoms with E-state index in [-0.39, 0.29) is 17.8 Å². The van der Waals surface area contributed by atoms with Gasteiger partial charge in [-0.1, -0.05) is 11.2 Å². The Balaban J connectivity index is 1.52. The summed E-state index contributed by atoms with van der Waals surface area (Å²) < 4.78 is 18.8. The molecule has 1 amide bonds. The number of nitrogens with zero attached hydrogens (tertiary/aromatic N) is 3. The van der Waals surface area contributed by atoms with Crippen molar-refractivity contribution in [1.82, 2.24) is 15.0 Å². The molecule has 6 heteroatoms. The third kappa shape index (κ3) is 3.26. The van der Waals surface area contributed by atoms with Gasteiger partial charge in [-0.05, 0) is 50.8 Å². The summed E-state index contributed by atoms with van der Waals surface area (Å²) in [5.74, 6) is 0.896. The van der Waals surface area contributed by atoms with Gasteiger partial charge < -0.3 is 9.42 Å². The summed E-state index contributed by atoms with van der Waals surface area (Å²) in [4.78, 5) is 17.3. The predicted octanol–water partition coefficient (Wildman–Crippen LogP) is 3.17. The molecule has 5 nitrogen and oxygen atoms in total. The minimum Gasteiger partial charge on any atom is -0.361 e. The molecule has 2 bridgehead atoms. The van der Waals surface area contributed by atoms with Gasteiger partial charge in [-0.3, -0.25) is 9.69 Å². The van der Waals surface area contributed by atoms with Gasteiger partial charge in [0.05, 0.1) is 5.69 Å². The van der Waals surface area contributed by atoms with Crippen molar-refractivity contribution >= 4 is 5.91 Å². The van der Waals surface area contributed by atoms with E-state index in [0.29, 0.717) is 11.5 Å². The van der Waals surface area contributed by atoms with E-state index >= 15 is 0 Å². The monoisotopic (exact) mass is 357 g/mol. The van der Waals surface area contributed by atoms with Crippen molar-refractivity contribution in [3.8, 4) is 0 Å². The maximum Gasteiger partial charge on any atom is 0.254 e. The minimum absolute atomic E-state index is 0.0570. The zero-order valence-corrected chi connectivity index (χ0v) is 15.2. The van der Waals surface area contributed by atoms with Crippen LogP contribution in [0.3, 0.4) is 0 Å². The molecule has 0 aliphatic carbocycles. The molecule has 2 atom stereocenters. The quantitative estimate of drug-likeness (QED) is 0.847. The molecular weight excluding hydrogens is 333 g/mol. The van der Waals surface area contributed by atoms with Crippen LogP contribution in [0.4, 0.5) is 4.39 Å². The summed E-state index contributed by atoms with van der Waals surface area (Å²) in [5.41, 5.74) is 2.52. The first kappa shape index (κ1) is 17.2. The number of hydrogen-bond acceptors (Lipinski definition) is 4. The van der Waals surface area contributed by atoms with Crippen molar-refractivity contribution in [2.45, 2.75) is 39.3 Å². The standard InChI is InChI=1S/C20H24FN3O2/c1-13-19(14(2)26-22-13)12-23-9-15-6-7-18(11-23)24(10-15)20(25)16-4-3-5-17(21)8-16/h3-5,8,15,18H,6-7,9-12H2,1-2H3/t15-,18+/m0/s1. The second-order valence-corrected chi connectivity index (χ2v) is 7.56. The molecule has 4 heterocycles. The molecular formula is C20H24FN3O2. The van der Waals surface area contributed by atoms with Gasteiger partial charge in [0.2, 0.25) is 0 Å². The normalized spacial score (nSPS) is 23.3. The van der Waals surface area contributed by atoms with E-state index in [1.54, 1.807) is 12.1 Å². The van der Waals surface area contributed by atoms with E-state index in [0.717, 1.165) is 56.0 Å². The lowest BCUT2D eigenvalue weighted by Gasteiger charge is -2.36. The Hall–Kier alpha value is -2.21. The number of piperidine rings is 1. The summed E-state index contributed by atoms with van der Waals surface area (Å²) in [6.45, 7) is 7.27. The topological polar surface area (TPSA) is 49.6 Å². The van der Waals surface area contributed by atoms with Crippen molar-refractivity contribution in [3.05, 3.63) is 52.7 Å². The largest absolute Gasteiger partial charge is 0.361 e. The van der Waals surface area contributed by atoms with Crippen LogP contribution in [0.2, 0.25) is 0 Å². The molecule has 0 N–H and O–H groups in total. The maximum atomic E-state index is 13.5. The number of amides is 1. The van der Waals surface area contributed by atoms with Crippen LogP contribution in [0.15, 0.2) is 28.8 Å². The van der Waals surface area contributed by atoms with E-state index in [4.69, 9.17) is 4.52 Å². The van der Waals surface area contributed by atoms with Crippen LogP contribution < -0.4 is 0 Å². The highest BCUT2D eigenvalue weighted by Crippen LogP contribution is 2.30. The Kier molecular flexibility index (Phi) is 4.53. The van der Waals surface area contributed by atoms with Gasteiger partial charge in [0.1, 0.15) is 11.6 Å². The van der Waals surface area contributed by atoms with Crippen LogP contribution in [0, 0.1) is 25.6 Å². The Bertz CT molecular complexity index is 800. The van der Waals surface area contributed by atoms with Crippen molar-refractivity contribution in [3.63, 3.8) is 0 Å². The molecule has 2 aromatic rings. The molecule has 0 unspecified atom stereocenters. The molecule has 26 heavy (non-hydrogen) atoms. The van der Waals surface area contributed by atoms with E-state index in [9.17, 15) is 9.18 Å². The first-order valence-electron chi connectivity index (χ1n) is 9.22. The molecule has 1 aromatic carbocycles. The average molecular weight is 357 g/mol. The summed E-state index contributed by atoms with van der Waals surface area (Å²) in [7, 11) is 0. The molecule has 5 rings (SSSR count). The second-order valence-electron chi connectivity index (χ2n) is 7.56. The number of carbonyl (C=O) groups is 1. The number of hydrogen-bond donors (Lipinski definition) is 0. The molecule has 3 aliphatic heterocycles. The van der Waals surface area contributed by atoms with Crippen LogP contribution >= 0.6 is 0 Å². The van der Waals surface area contributed by atoms with Gasteiger partial charge in [-0.2, -0.15) is 0 Å². The first-order chi connectivity index (χ1) is 12.5. The van der Waals surface area contributed by atoms with Crippen molar-refractivity contribution in [2.24, 2.45) is 5.92 Å². The zero-order chi connectivity index (χ0) is 18.3. The number of rotatable bonds is 3. The van der Waals surface area contributed by atoms with Crippen molar-refractivity contribution < 1.29 is 13.7 Å². The molecule has 0 radical (unpaired) electrons. The number of benzene rings is 1. The molecule has 3 saturated heterocycles. The van der Waals surface area contributed by atoms with Gasteiger partial charge >= 0.3 is 0 Å². The average Bonchev–Trinajstić information content (AvgIpc) is 2.81. The summed E-state index contributed by atoms with van der Waals surface area (Å²) >= 11 is 0. The number of fused-ring (bicyclic) bond motifs is 4. The van der Waals surface area contributed by atoms with Crippen LogP contribution in [-0.2, 0) is 6.54 Å². The maximum absolute atomic E-state index is 13.5. The summed E-state index contributed by atoms with van der Waals surface area (Å²) in [6, 6.07) is 6.18. The lowest BCUT2D eigenvalue weighted by Crippen LogP contribution is -2.47. The van der Waals surface area contributed by atoms with Gasteiger partial charge in [0.15, 0.2) is 0 Å². The Labute approximate surface area is 152 Å². The second kappa shape index (κ2) is 6.83. The van der Waals surface area contributed by atoms with Gasteiger partial charge in [-0.15, -0.1) is 0 Å². The number of aryl methyl sites for hydroxylation is 2. The lowest BCUT2D eigenvalue weighted by atomic mass is 9.94. The summed E-state index contributed by atoms with van der Waals surface area (Å²) in [6.07, 6.45) is 2.14. The minimum atomic E-state index is -0.365. The van der Waals surface area contributed by atoms with Crippen LogP contribution in [-0.4, -0.2) is 46.5 Å². The van der Waals surface area contributed by atoms with E-state index in [1.165, 1.54) is 12.1 Å². The summed E-state index contributed by atoms with van der Waals surface area (Å²) in [5, 5.41) is 4.05. The van der Waals surface area contributed by atoms with Gasteiger partial charge in [-0.25, -0.2) is 4.39 Å². The fraction of sp³-hybridized carbons (Fsp3) is 0.500. The van der Waals surface area contributed by atoms with Crippen LogP contribution in [0.25, 0.3) is 0 Å². The predicted molar refractivity (Wildman–Crippen MR) is 95.2 cm³/mol. The molecule has 3 aliphatic rings. The third-order valence-corrected chi connectivity index (χ3v) is 5.68. The number of aromatic nitrogens is 1.